The zero-order valence-electron chi connectivity index (χ0n) is 14.8. The first-order valence-corrected chi connectivity index (χ1v) is 9.08. The summed E-state index contributed by atoms with van der Waals surface area (Å²) in [6.45, 7) is 1.58. The summed E-state index contributed by atoms with van der Waals surface area (Å²) < 4.78 is 10.3. The standard InChI is InChI=1S/C15H30N4O6S/c16-4-2-1-3-11(14(21)19-12(10-26)15(22)23)18-13(20)9-25-8-7-24-6-5-17/h11-12,26H,1-10,16-17H2,(H,18,20)(H,19,21)(H,22,23)/t11-,12-/m0/s1. The molecule has 0 saturated carbocycles. The lowest BCUT2D eigenvalue weighted by Gasteiger charge is -2.20. The lowest BCUT2D eigenvalue weighted by molar-refractivity contribution is -0.141. The maximum Gasteiger partial charge on any atom is 0.327 e. The summed E-state index contributed by atoms with van der Waals surface area (Å²) in [6.07, 6.45) is 1.64. The zero-order valence-corrected chi connectivity index (χ0v) is 15.7. The third-order valence-electron chi connectivity index (χ3n) is 3.26. The van der Waals surface area contributed by atoms with Crippen LogP contribution in [0, 0.1) is 0 Å². The van der Waals surface area contributed by atoms with Crippen LogP contribution in [0.4, 0.5) is 0 Å². The molecule has 2 atom stereocenters. The van der Waals surface area contributed by atoms with Crippen LogP contribution >= 0.6 is 12.6 Å². The quantitative estimate of drug-likeness (QED) is 0.130. The van der Waals surface area contributed by atoms with E-state index in [2.05, 4.69) is 23.3 Å². The molecule has 0 heterocycles. The van der Waals surface area contributed by atoms with Crippen molar-refractivity contribution >= 4 is 30.4 Å². The Hall–Kier alpha value is -1.40. The normalized spacial score (nSPS) is 13.0. The molecular formula is C15H30N4O6S. The van der Waals surface area contributed by atoms with E-state index in [4.69, 9.17) is 26.0 Å². The van der Waals surface area contributed by atoms with Gasteiger partial charge in [-0.05, 0) is 25.8 Å². The van der Waals surface area contributed by atoms with Gasteiger partial charge in [0, 0.05) is 12.3 Å². The molecular weight excluding hydrogens is 364 g/mol. The first-order chi connectivity index (χ1) is 12.5. The van der Waals surface area contributed by atoms with E-state index in [-0.39, 0.29) is 19.0 Å². The number of hydrogen-bond donors (Lipinski definition) is 6. The van der Waals surface area contributed by atoms with Gasteiger partial charge in [0.2, 0.25) is 11.8 Å². The lowest BCUT2D eigenvalue weighted by Crippen LogP contribution is -2.52. The predicted molar refractivity (Wildman–Crippen MR) is 98.9 cm³/mol. The summed E-state index contributed by atoms with van der Waals surface area (Å²) in [6, 6.07) is -2.00. The molecule has 0 radical (unpaired) electrons. The van der Waals surface area contributed by atoms with Gasteiger partial charge in [-0.1, -0.05) is 0 Å². The van der Waals surface area contributed by atoms with Crippen LogP contribution < -0.4 is 22.1 Å². The van der Waals surface area contributed by atoms with Crippen molar-refractivity contribution in [2.75, 3.05) is 45.3 Å². The molecule has 0 aromatic rings. The van der Waals surface area contributed by atoms with Crippen molar-refractivity contribution < 1.29 is 29.0 Å². The second kappa shape index (κ2) is 15.8. The van der Waals surface area contributed by atoms with E-state index in [1.54, 1.807) is 0 Å². The van der Waals surface area contributed by atoms with E-state index in [0.717, 1.165) is 0 Å². The van der Waals surface area contributed by atoms with Gasteiger partial charge in [0.15, 0.2) is 0 Å². The van der Waals surface area contributed by atoms with E-state index < -0.39 is 29.9 Å². The molecule has 10 nitrogen and oxygen atoms in total. The molecule has 0 saturated heterocycles. The zero-order chi connectivity index (χ0) is 19.8. The van der Waals surface area contributed by atoms with Gasteiger partial charge in [-0.2, -0.15) is 12.6 Å². The van der Waals surface area contributed by atoms with E-state index in [0.29, 0.717) is 45.6 Å². The van der Waals surface area contributed by atoms with Crippen LogP contribution in [0.25, 0.3) is 0 Å². The van der Waals surface area contributed by atoms with Crippen LogP contribution in [0.2, 0.25) is 0 Å². The largest absolute Gasteiger partial charge is 0.480 e. The number of unbranched alkanes of at least 4 members (excludes halogenated alkanes) is 1. The summed E-state index contributed by atoms with van der Waals surface area (Å²) in [7, 11) is 0. The molecule has 0 aliphatic carbocycles. The number of hydrogen-bond acceptors (Lipinski definition) is 8. The third kappa shape index (κ3) is 12.0. The van der Waals surface area contributed by atoms with Crippen molar-refractivity contribution in [2.24, 2.45) is 11.5 Å². The van der Waals surface area contributed by atoms with Gasteiger partial charge < -0.3 is 36.7 Å². The van der Waals surface area contributed by atoms with Gasteiger partial charge >= 0.3 is 5.97 Å². The maximum atomic E-state index is 12.3. The van der Waals surface area contributed by atoms with Gasteiger partial charge in [-0.25, -0.2) is 4.79 Å². The Morgan fingerprint density at radius 3 is 2.23 bits per heavy atom. The lowest BCUT2D eigenvalue weighted by atomic mass is 10.1. The van der Waals surface area contributed by atoms with Crippen LogP contribution in [0.1, 0.15) is 19.3 Å². The molecule has 0 aromatic carbocycles. The molecule has 7 N–H and O–H groups in total. The highest BCUT2D eigenvalue weighted by molar-refractivity contribution is 7.80. The summed E-state index contributed by atoms with van der Waals surface area (Å²) in [5.74, 6) is -2.31. The van der Waals surface area contributed by atoms with Crippen LogP contribution in [0.15, 0.2) is 0 Å². The highest BCUT2D eigenvalue weighted by atomic mass is 32.1. The van der Waals surface area contributed by atoms with Crippen molar-refractivity contribution in [3.05, 3.63) is 0 Å². The Morgan fingerprint density at radius 2 is 1.65 bits per heavy atom. The number of carboxylic acid groups (broad SMARTS) is 1. The summed E-state index contributed by atoms with van der Waals surface area (Å²) in [5.41, 5.74) is 10.7. The van der Waals surface area contributed by atoms with Gasteiger partial charge in [-0.3, -0.25) is 9.59 Å². The molecule has 0 fully saturated rings. The third-order valence-corrected chi connectivity index (χ3v) is 3.63. The number of rotatable bonds is 16. The number of amides is 2. The molecule has 0 aliphatic heterocycles. The molecule has 2 amide bonds. The van der Waals surface area contributed by atoms with E-state index in [1.165, 1.54) is 0 Å². The number of thiol groups is 1. The SMILES string of the molecule is NCCCC[C@H](NC(=O)COCCOCCN)C(=O)N[C@@H](CS)C(=O)O. The Kier molecular flexibility index (Phi) is 15.0. The van der Waals surface area contributed by atoms with Crippen molar-refractivity contribution in [2.45, 2.75) is 31.3 Å². The smallest absolute Gasteiger partial charge is 0.327 e. The molecule has 0 rings (SSSR count). The molecule has 0 spiro atoms. The second-order valence-electron chi connectivity index (χ2n) is 5.44. The average molecular weight is 394 g/mol. The fourth-order valence-electron chi connectivity index (χ4n) is 1.92. The van der Waals surface area contributed by atoms with Crippen molar-refractivity contribution in [3.8, 4) is 0 Å². The number of ether oxygens (including phenoxy) is 2. The Bertz CT molecular complexity index is 427. The molecule has 152 valence electrons. The first kappa shape index (κ1) is 24.6. The molecule has 0 unspecified atom stereocenters. The second-order valence-corrected chi connectivity index (χ2v) is 5.81. The number of carboxylic acids is 1. The number of carbonyl (C=O) groups excluding carboxylic acids is 2. The molecule has 0 aromatic heterocycles. The number of nitrogens with one attached hydrogen (secondary N) is 2. The van der Waals surface area contributed by atoms with Crippen LogP contribution in [-0.4, -0.2) is 80.2 Å². The first-order valence-electron chi connectivity index (χ1n) is 8.45. The van der Waals surface area contributed by atoms with Crippen LogP contribution in [0.3, 0.4) is 0 Å². The average Bonchev–Trinajstić information content (AvgIpc) is 2.61. The van der Waals surface area contributed by atoms with Crippen LogP contribution in [0.5, 0.6) is 0 Å². The van der Waals surface area contributed by atoms with E-state index in [9.17, 15) is 14.4 Å². The van der Waals surface area contributed by atoms with Gasteiger partial charge in [-0.15, -0.1) is 0 Å². The Labute approximate surface area is 158 Å². The highest BCUT2D eigenvalue weighted by Gasteiger charge is 2.25. The monoisotopic (exact) mass is 394 g/mol. The summed E-state index contributed by atoms with van der Waals surface area (Å²) in [4.78, 5) is 35.2. The van der Waals surface area contributed by atoms with Crippen molar-refractivity contribution in [1.29, 1.82) is 0 Å². The molecule has 26 heavy (non-hydrogen) atoms. The summed E-state index contributed by atoms with van der Waals surface area (Å²) >= 11 is 3.90. The van der Waals surface area contributed by atoms with Gasteiger partial charge in [0.05, 0.1) is 19.8 Å². The molecule has 0 bridgehead atoms. The Morgan fingerprint density at radius 1 is 0.962 bits per heavy atom. The predicted octanol–water partition coefficient (Wildman–Crippen LogP) is -1.91. The number of nitrogens with two attached hydrogens (primary N) is 2. The minimum Gasteiger partial charge on any atom is -0.480 e. The minimum atomic E-state index is -1.19. The highest BCUT2D eigenvalue weighted by Crippen LogP contribution is 2.02. The molecule has 11 heteroatoms. The van der Waals surface area contributed by atoms with E-state index >= 15 is 0 Å². The summed E-state index contributed by atoms with van der Waals surface area (Å²) in [5, 5.41) is 13.9. The Balaban J connectivity index is 4.45. The van der Waals surface area contributed by atoms with Crippen LogP contribution in [-0.2, 0) is 23.9 Å². The van der Waals surface area contributed by atoms with Gasteiger partial charge in [0.1, 0.15) is 18.7 Å². The van der Waals surface area contributed by atoms with E-state index in [1.807, 2.05) is 0 Å². The fourth-order valence-corrected chi connectivity index (χ4v) is 2.17. The topological polar surface area (TPSA) is 166 Å². The fraction of sp³-hybridized carbons (Fsp3) is 0.800. The van der Waals surface area contributed by atoms with Crippen molar-refractivity contribution in [3.63, 3.8) is 0 Å². The molecule has 0 aliphatic rings. The number of carbonyl (C=O) groups is 3. The van der Waals surface area contributed by atoms with Gasteiger partial charge in [0.25, 0.3) is 0 Å². The minimum absolute atomic E-state index is 0.0591. The van der Waals surface area contributed by atoms with Crippen molar-refractivity contribution in [1.82, 2.24) is 10.6 Å². The maximum absolute atomic E-state index is 12.3. The number of aliphatic carboxylic acids is 1.